The maximum absolute atomic E-state index is 12.7. The first kappa shape index (κ1) is 22.5. The summed E-state index contributed by atoms with van der Waals surface area (Å²) in [5.41, 5.74) is 3.35. The van der Waals surface area contributed by atoms with Crippen LogP contribution in [0, 0.1) is 17.0 Å². The first-order valence-corrected chi connectivity index (χ1v) is 11.6. The highest BCUT2D eigenvalue weighted by atomic mass is 32.2. The van der Waals surface area contributed by atoms with Gasteiger partial charge < -0.3 is 10.2 Å². The maximum Gasteiger partial charge on any atom is 0.274 e. The van der Waals surface area contributed by atoms with E-state index >= 15 is 0 Å². The zero-order chi connectivity index (χ0) is 23.4. The van der Waals surface area contributed by atoms with Crippen molar-refractivity contribution in [2.75, 3.05) is 17.6 Å². The van der Waals surface area contributed by atoms with Crippen LogP contribution >= 0.6 is 11.8 Å². The Morgan fingerprint density at radius 1 is 1.09 bits per heavy atom. The lowest BCUT2D eigenvalue weighted by molar-refractivity contribution is -0.385. The summed E-state index contributed by atoms with van der Waals surface area (Å²) in [4.78, 5) is 37.7. The number of nitrogens with one attached hydrogen (secondary N) is 1. The van der Waals surface area contributed by atoms with E-state index < -0.39 is 4.92 Å². The van der Waals surface area contributed by atoms with Gasteiger partial charge in [-0.1, -0.05) is 48.5 Å². The quantitative estimate of drug-likeness (QED) is 0.396. The van der Waals surface area contributed by atoms with E-state index in [1.54, 1.807) is 43.0 Å². The number of nitro benzene ring substituents is 1. The number of carbonyl (C=O) groups excluding carboxylic acids is 2. The van der Waals surface area contributed by atoms with Crippen LogP contribution in [0.2, 0.25) is 0 Å². The van der Waals surface area contributed by atoms with Crippen molar-refractivity contribution in [2.24, 2.45) is 0 Å². The standard InChI is InChI=1S/C25H23N3O4S/c1-17-21(8-5-9-22(17)28(31)32)26-24(30)19-10-12-20(13-11-19)25-27(23(29)16-33-25)15-14-18-6-3-2-4-7-18/h2-13,25H,14-16H2,1H3,(H,26,30)/t25-/m1/s1. The molecule has 1 heterocycles. The van der Waals surface area contributed by atoms with Crippen molar-refractivity contribution in [3.63, 3.8) is 0 Å². The molecule has 0 unspecified atom stereocenters. The molecule has 1 aliphatic rings. The van der Waals surface area contributed by atoms with Gasteiger partial charge in [-0.05, 0) is 42.7 Å². The molecule has 3 aromatic carbocycles. The van der Waals surface area contributed by atoms with Crippen LogP contribution in [-0.4, -0.2) is 33.9 Å². The SMILES string of the molecule is Cc1c(NC(=O)c2ccc([C@H]3SCC(=O)N3CCc3ccccc3)cc2)cccc1[N+](=O)[O-]. The number of amides is 2. The molecule has 33 heavy (non-hydrogen) atoms. The van der Waals surface area contributed by atoms with Crippen LogP contribution in [0.25, 0.3) is 0 Å². The van der Waals surface area contributed by atoms with E-state index in [4.69, 9.17) is 0 Å². The Morgan fingerprint density at radius 3 is 2.52 bits per heavy atom. The summed E-state index contributed by atoms with van der Waals surface area (Å²) in [6, 6.07) is 21.8. The fourth-order valence-corrected chi connectivity index (χ4v) is 5.04. The molecule has 7 nitrogen and oxygen atoms in total. The van der Waals surface area contributed by atoms with Crippen molar-refractivity contribution in [3.8, 4) is 0 Å². The lowest BCUT2D eigenvalue weighted by atomic mass is 10.1. The number of hydrogen-bond acceptors (Lipinski definition) is 5. The Kier molecular flexibility index (Phi) is 6.74. The number of anilines is 1. The van der Waals surface area contributed by atoms with Gasteiger partial charge in [-0.3, -0.25) is 19.7 Å². The third-order valence-corrected chi connectivity index (χ3v) is 6.92. The predicted molar refractivity (Wildman–Crippen MR) is 129 cm³/mol. The summed E-state index contributed by atoms with van der Waals surface area (Å²) in [6.07, 6.45) is 0.784. The minimum absolute atomic E-state index is 0.0401. The number of carbonyl (C=O) groups is 2. The third kappa shape index (κ3) is 5.06. The van der Waals surface area contributed by atoms with Gasteiger partial charge in [0.2, 0.25) is 5.91 Å². The van der Waals surface area contributed by atoms with Gasteiger partial charge in [-0.2, -0.15) is 0 Å². The van der Waals surface area contributed by atoms with Gasteiger partial charge in [0.1, 0.15) is 5.37 Å². The fourth-order valence-electron chi connectivity index (χ4n) is 3.82. The molecule has 1 N–H and O–H groups in total. The van der Waals surface area contributed by atoms with Gasteiger partial charge in [0, 0.05) is 18.2 Å². The normalized spacial score (nSPS) is 15.5. The van der Waals surface area contributed by atoms with E-state index in [0.717, 1.165) is 12.0 Å². The molecule has 0 saturated carbocycles. The second kappa shape index (κ2) is 9.87. The number of nitro groups is 1. The third-order valence-electron chi connectivity index (χ3n) is 5.66. The average Bonchev–Trinajstić information content (AvgIpc) is 3.19. The Bertz CT molecular complexity index is 1180. The summed E-state index contributed by atoms with van der Waals surface area (Å²) < 4.78 is 0. The smallest absolute Gasteiger partial charge is 0.274 e. The summed E-state index contributed by atoms with van der Waals surface area (Å²) in [6.45, 7) is 2.24. The Balaban J connectivity index is 1.45. The zero-order valence-electron chi connectivity index (χ0n) is 18.1. The van der Waals surface area contributed by atoms with Gasteiger partial charge in [-0.25, -0.2) is 0 Å². The van der Waals surface area contributed by atoms with E-state index in [1.165, 1.54) is 11.6 Å². The second-order valence-corrected chi connectivity index (χ2v) is 8.84. The van der Waals surface area contributed by atoms with E-state index in [2.05, 4.69) is 17.4 Å². The van der Waals surface area contributed by atoms with Crippen LogP contribution in [0.4, 0.5) is 11.4 Å². The van der Waals surface area contributed by atoms with Crippen molar-refractivity contribution in [2.45, 2.75) is 18.7 Å². The highest BCUT2D eigenvalue weighted by Gasteiger charge is 2.32. The van der Waals surface area contributed by atoms with Gasteiger partial charge >= 0.3 is 0 Å². The van der Waals surface area contributed by atoms with Crippen molar-refractivity contribution in [1.29, 1.82) is 0 Å². The van der Waals surface area contributed by atoms with Gasteiger partial charge in [0.15, 0.2) is 0 Å². The molecule has 4 rings (SSSR count). The molecule has 2 amide bonds. The van der Waals surface area contributed by atoms with Crippen LogP contribution in [0.5, 0.6) is 0 Å². The molecule has 0 bridgehead atoms. The summed E-state index contributed by atoms with van der Waals surface area (Å²) >= 11 is 1.58. The summed E-state index contributed by atoms with van der Waals surface area (Å²) in [7, 11) is 0. The van der Waals surface area contributed by atoms with Gasteiger partial charge in [0.25, 0.3) is 11.6 Å². The molecule has 8 heteroatoms. The topological polar surface area (TPSA) is 92.6 Å². The van der Waals surface area contributed by atoms with E-state index in [0.29, 0.717) is 29.1 Å². The Morgan fingerprint density at radius 2 is 1.82 bits per heavy atom. The number of rotatable bonds is 7. The highest BCUT2D eigenvalue weighted by molar-refractivity contribution is 8.00. The predicted octanol–water partition coefficient (Wildman–Crippen LogP) is 4.97. The van der Waals surface area contributed by atoms with Crippen LogP contribution in [-0.2, 0) is 11.2 Å². The first-order chi connectivity index (χ1) is 15.9. The van der Waals surface area contributed by atoms with Crippen molar-refractivity contribution < 1.29 is 14.5 Å². The van der Waals surface area contributed by atoms with Gasteiger partial charge in [0.05, 0.1) is 21.9 Å². The molecular weight excluding hydrogens is 438 g/mol. The van der Waals surface area contributed by atoms with Crippen LogP contribution in [0.3, 0.4) is 0 Å². The molecule has 1 atom stereocenters. The number of nitrogens with zero attached hydrogens (tertiary/aromatic N) is 2. The number of hydrogen-bond donors (Lipinski definition) is 1. The fraction of sp³-hybridized carbons (Fsp3) is 0.200. The maximum atomic E-state index is 12.7. The molecule has 3 aromatic rings. The van der Waals surface area contributed by atoms with Crippen LogP contribution in [0.15, 0.2) is 72.8 Å². The van der Waals surface area contributed by atoms with Gasteiger partial charge in [-0.15, -0.1) is 11.8 Å². The minimum Gasteiger partial charge on any atom is -0.326 e. The molecule has 168 valence electrons. The monoisotopic (exact) mass is 461 g/mol. The van der Waals surface area contributed by atoms with E-state index in [9.17, 15) is 19.7 Å². The molecule has 0 spiro atoms. The zero-order valence-corrected chi connectivity index (χ0v) is 18.9. The molecule has 1 saturated heterocycles. The van der Waals surface area contributed by atoms with E-state index in [1.807, 2.05) is 35.2 Å². The molecule has 0 aliphatic carbocycles. The van der Waals surface area contributed by atoms with Crippen LogP contribution in [0.1, 0.15) is 32.4 Å². The lowest BCUT2D eigenvalue weighted by Crippen LogP contribution is -2.30. The molecular formula is C25H23N3O4S. The molecule has 0 aromatic heterocycles. The lowest BCUT2D eigenvalue weighted by Gasteiger charge is -2.24. The summed E-state index contributed by atoms with van der Waals surface area (Å²) in [5.74, 6) is 0.207. The highest BCUT2D eigenvalue weighted by Crippen LogP contribution is 2.38. The van der Waals surface area contributed by atoms with Crippen molar-refractivity contribution in [1.82, 2.24) is 4.90 Å². The van der Waals surface area contributed by atoms with Crippen molar-refractivity contribution in [3.05, 3.63) is 105 Å². The summed E-state index contributed by atoms with van der Waals surface area (Å²) in [5, 5.41) is 13.8. The van der Waals surface area contributed by atoms with E-state index in [-0.39, 0.29) is 22.9 Å². The average molecular weight is 462 g/mol. The molecule has 0 radical (unpaired) electrons. The van der Waals surface area contributed by atoms with Crippen LogP contribution < -0.4 is 5.32 Å². The van der Waals surface area contributed by atoms with Crippen molar-refractivity contribution >= 4 is 35.0 Å². The molecule has 1 fully saturated rings. The molecule has 1 aliphatic heterocycles. The minimum atomic E-state index is -0.468. The Hall–Kier alpha value is -3.65. The Labute approximate surface area is 196 Å². The number of thioether (sulfide) groups is 1. The number of benzene rings is 3. The second-order valence-electron chi connectivity index (χ2n) is 7.77. The first-order valence-electron chi connectivity index (χ1n) is 10.5. The largest absolute Gasteiger partial charge is 0.326 e.